The van der Waals surface area contributed by atoms with E-state index in [4.69, 9.17) is 5.73 Å². The molecular weight excluding hydrogens is 342 g/mol. The van der Waals surface area contributed by atoms with Crippen molar-refractivity contribution in [3.8, 4) is 0 Å². The lowest BCUT2D eigenvalue weighted by atomic mass is 10.2. The average molecular weight is 363 g/mol. The van der Waals surface area contributed by atoms with Gasteiger partial charge >= 0.3 is 0 Å². The van der Waals surface area contributed by atoms with Gasteiger partial charge in [0.15, 0.2) is 0 Å². The van der Waals surface area contributed by atoms with Gasteiger partial charge in [-0.05, 0) is 37.3 Å². The first-order valence-corrected chi connectivity index (χ1v) is 9.09. The molecule has 1 amide bonds. The predicted octanol–water partition coefficient (Wildman–Crippen LogP) is 1.39. The van der Waals surface area contributed by atoms with Crippen LogP contribution in [-0.2, 0) is 0 Å². The predicted molar refractivity (Wildman–Crippen MR) is 102 cm³/mol. The number of piperidine rings is 1. The fourth-order valence-corrected chi connectivity index (χ4v) is 4.02. The average Bonchev–Trinajstić information content (AvgIpc) is 3.03. The van der Waals surface area contributed by atoms with Crippen LogP contribution in [0.2, 0.25) is 0 Å². The highest BCUT2D eigenvalue weighted by atomic mass is 16.1. The molecule has 27 heavy (non-hydrogen) atoms. The fourth-order valence-electron chi connectivity index (χ4n) is 4.02. The van der Waals surface area contributed by atoms with Crippen LogP contribution in [0.25, 0.3) is 5.65 Å². The molecule has 2 fully saturated rings. The molecule has 1 saturated carbocycles. The molecule has 3 aromatic rings. The molecule has 8 heteroatoms. The van der Waals surface area contributed by atoms with Gasteiger partial charge in [0.2, 0.25) is 0 Å². The summed E-state index contributed by atoms with van der Waals surface area (Å²) in [6.07, 6.45) is 6.97. The molecule has 1 saturated heterocycles. The minimum atomic E-state index is -0.282. The molecule has 3 aromatic heterocycles. The van der Waals surface area contributed by atoms with E-state index in [1.165, 1.54) is 6.20 Å². The lowest BCUT2D eigenvalue weighted by molar-refractivity contribution is 0.102. The first kappa shape index (κ1) is 16.2. The van der Waals surface area contributed by atoms with Crippen molar-refractivity contribution in [2.24, 2.45) is 17.6 Å². The Morgan fingerprint density at radius 1 is 1.19 bits per heavy atom. The van der Waals surface area contributed by atoms with Crippen LogP contribution < -0.4 is 16.0 Å². The summed E-state index contributed by atoms with van der Waals surface area (Å²) in [7, 11) is 0. The number of hydrogen-bond donors (Lipinski definition) is 2. The zero-order valence-electron chi connectivity index (χ0n) is 15.3. The maximum Gasteiger partial charge on any atom is 0.275 e. The van der Waals surface area contributed by atoms with E-state index in [0.29, 0.717) is 29.3 Å². The maximum absolute atomic E-state index is 12.5. The Morgan fingerprint density at radius 3 is 2.67 bits per heavy atom. The molecule has 0 radical (unpaired) electrons. The SMILES string of the molecule is Cc1cn2cc(NC(=O)c3cnc(N4CC5C(N)C5C4)cn3)cc(C)c2n1. The van der Waals surface area contributed by atoms with Crippen LogP contribution in [-0.4, -0.2) is 44.4 Å². The first-order valence-electron chi connectivity index (χ1n) is 9.09. The number of imidazole rings is 1. The van der Waals surface area contributed by atoms with Crippen molar-refractivity contribution in [1.29, 1.82) is 0 Å². The Bertz CT molecular complexity index is 1030. The van der Waals surface area contributed by atoms with Gasteiger partial charge in [-0.1, -0.05) is 0 Å². The van der Waals surface area contributed by atoms with Gasteiger partial charge in [-0.3, -0.25) is 4.79 Å². The molecular formula is C19H21N7O. The van der Waals surface area contributed by atoms with Crippen LogP contribution in [0.1, 0.15) is 21.7 Å². The number of aryl methyl sites for hydroxylation is 2. The first-order chi connectivity index (χ1) is 13.0. The van der Waals surface area contributed by atoms with E-state index in [0.717, 1.165) is 35.8 Å². The summed E-state index contributed by atoms with van der Waals surface area (Å²) < 4.78 is 1.92. The standard InChI is InChI=1S/C19H21N7O/c1-10-3-12(7-26-6-11(2)23-18(10)26)24-19(27)15-4-22-16(5-21-15)25-8-13-14(9-25)17(13)20/h3-7,13-14,17H,8-9,20H2,1-2H3,(H,24,27). The Balaban J connectivity index is 1.31. The van der Waals surface area contributed by atoms with Crippen LogP contribution >= 0.6 is 0 Å². The van der Waals surface area contributed by atoms with Gasteiger partial charge in [0.1, 0.15) is 17.2 Å². The second-order valence-electron chi connectivity index (χ2n) is 7.55. The van der Waals surface area contributed by atoms with Gasteiger partial charge < -0.3 is 20.4 Å². The van der Waals surface area contributed by atoms with E-state index in [1.807, 2.05) is 36.7 Å². The van der Waals surface area contributed by atoms with Gasteiger partial charge in [0, 0.05) is 31.5 Å². The molecule has 2 unspecified atom stereocenters. The Labute approximate surface area is 156 Å². The Morgan fingerprint density at radius 2 is 1.96 bits per heavy atom. The third kappa shape index (κ3) is 2.73. The van der Waals surface area contributed by atoms with E-state index in [-0.39, 0.29) is 5.91 Å². The minimum Gasteiger partial charge on any atom is -0.355 e. The largest absolute Gasteiger partial charge is 0.355 e. The van der Waals surface area contributed by atoms with Crippen LogP contribution in [0.5, 0.6) is 0 Å². The van der Waals surface area contributed by atoms with Crippen LogP contribution in [0.15, 0.2) is 30.9 Å². The molecule has 8 nitrogen and oxygen atoms in total. The van der Waals surface area contributed by atoms with Crippen molar-refractivity contribution in [2.75, 3.05) is 23.3 Å². The molecule has 0 spiro atoms. The van der Waals surface area contributed by atoms with Gasteiger partial charge in [-0.25, -0.2) is 15.0 Å². The minimum absolute atomic E-state index is 0.282. The van der Waals surface area contributed by atoms with E-state index in [1.54, 1.807) is 6.20 Å². The molecule has 138 valence electrons. The summed E-state index contributed by atoms with van der Waals surface area (Å²) >= 11 is 0. The van der Waals surface area contributed by atoms with Crippen molar-refractivity contribution >= 4 is 23.1 Å². The summed E-state index contributed by atoms with van der Waals surface area (Å²) in [6.45, 7) is 5.77. The number of pyridine rings is 1. The van der Waals surface area contributed by atoms with E-state index in [2.05, 4.69) is 25.2 Å². The second-order valence-corrected chi connectivity index (χ2v) is 7.55. The molecule has 2 atom stereocenters. The zero-order valence-corrected chi connectivity index (χ0v) is 15.3. The molecule has 0 bridgehead atoms. The number of rotatable bonds is 3. The Kier molecular flexibility index (Phi) is 3.45. The number of fused-ring (bicyclic) bond motifs is 2. The number of nitrogens with two attached hydrogens (primary N) is 1. The van der Waals surface area contributed by atoms with Crippen LogP contribution in [0.3, 0.4) is 0 Å². The normalized spacial score (nSPS) is 23.5. The van der Waals surface area contributed by atoms with Crippen molar-refractivity contribution < 1.29 is 4.79 Å². The molecule has 1 aliphatic carbocycles. The molecule has 0 aromatic carbocycles. The van der Waals surface area contributed by atoms with E-state index < -0.39 is 0 Å². The molecule has 2 aliphatic rings. The maximum atomic E-state index is 12.5. The van der Waals surface area contributed by atoms with Gasteiger partial charge in [0.05, 0.1) is 23.8 Å². The van der Waals surface area contributed by atoms with Crippen molar-refractivity contribution in [1.82, 2.24) is 19.4 Å². The van der Waals surface area contributed by atoms with Crippen molar-refractivity contribution in [2.45, 2.75) is 19.9 Å². The molecule has 1 aliphatic heterocycles. The number of carbonyl (C=O) groups is 1. The van der Waals surface area contributed by atoms with E-state index >= 15 is 0 Å². The topological polar surface area (TPSA) is 101 Å². The summed E-state index contributed by atoms with van der Waals surface area (Å²) in [5, 5.41) is 2.89. The number of anilines is 2. The highest BCUT2D eigenvalue weighted by Gasteiger charge is 2.53. The quantitative estimate of drug-likeness (QED) is 0.729. The lowest BCUT2D eigenvalue weighted by Gasteiger charge is -2.19. The summed E-state index contributed by atoms with van der Waals surface area (Å²) in [5.41, 5.74) is 9.78. The zero-order chi connectivity index (χ0) is 18.7. The van der Waals surface area contributed by atoms with Crippen LogP contribution in [0, 0.1) is 25.7 Å². The number of nitrogens with zero attached hydrogens (tertiary/aromatic N) is 5. The molecule has 5 rings (SSSR count). The molecule has 3 N–H and O–H groups in total. The van der Waals surface area contributed by atoms with Crippen molar-refractivity contribution in [3.63, 3.8) is 0 Å². The number of nitrogens with one attached hydrogen (secondary N) is 1. The smallest absolute Gasteiger partial charge is 0.275 e. The van der Waals surface area contributed by atoms with Crippen molar-refractivity contribution in [3.05, 3.63) is 47.8 Å². The highest BCUT2D eigenvalue weighted by Crippen LogP contribution is 2.44. The molecule has 4 heterocycles. The number of aromatic nitrogens is 4. The summed E-state index contributed by atoms with van der Waals surface area (Å²) in [4.78, 5) is 27.9. The van der Waals surface area contributed by atoms with Gasteiger partial charge in [0.25, 0.3) is 5.91 Å². The second kappa shape index (κ2) is 5.75. The van der Waals surface area contributed by atoms with E-state index in [9.17, 15) is 4.79 Å². The third-order valence-corrected chi connectivity index (χ3v) is 5.57. The highest BCUT2D eigenvalue weighted by molar-refractivity contribution is 6.02. The number of amides is 1. The van der Waals surface area contributed by atoms with Gasteiger partial charge in [-0.15, -0.1) is 0 Å². The Hall–Kier alpha value is -3.00. The lowest BCUT2D eigenvalue weighted by Crippen LogP contribution is -2.29. The number of carbonyl (C=O) groups excluding carboxylic acids is 1. The summed E-state index contributed by atoms with van der Waals surface area (Å²) in [6, 6.07) is 2.25. The summed E-state index contributed by atoms with van der Waals surface area (Å²) in [5.74, 6) is 1.69. The van der Waals surface area contributed by atoms with Gasteiger partial charge in [-0.2, -0.15) is 0 Å². The fraction of sp³-hybridized carbons (Fsp3) is 0.368. The third-order valence-electron chi connectivity index (χ3n) is 5.57. The van der Waals surface area contributed by atoms with Crippen LogP contribution in [0.4, 0.5) is 11.5 Å². The number of hydrogen-bond acceptors (Lipinski definition) is 6. The monoisotopic (exact) mass is 363 g/mol.